The minimum absolute atomic E-state index is 0.134. The van der Waals surface area contributed by atoms with Gasteiger partial charge in [-0.2, -0.15) is 0 Å². The highest BCUT2D eigenvalue weighted by Gasteiger charge is 2.41. The lowest BCUT2D eigenvalue weighted by Gasteiger charge is -2.33. The summed E-state index contributed by atoms with van der Waals surface area (Å²) in [5, 5.41) is 11.0. The zero-order valence-electron chi connectivity index (χ0n) is 14.4. The van der Waals surface area contributed by atoms with Crippen LogP contribution in [0.3, 0.4) is 0 Å². The van der Waals surface area contributed by atoms with E-state index in [2.05, 4.69) is 45.9 Å². The number of aliphatic hydroxyl groups excluding tert-OH is 1. The molecule has 0 radical (unpaired) electrons. The largest absolute Gasteiger partial charge is 0.392 e. The molecule has 2 rings (SSSR count). The van der Waals surface area contributed by atoms with Gasteiger partial charge in [0.15, 0.2) is 0 Å². The first-order valence-electron chi connectivity index (χ1n) is 8.59. The van der Waals surface area contributed by atoms with Gasteiger partial charge in [0.1, 0.15) is 6.29 Å². The van der Waals surface area contributed by atoms with E-state index in [9.17, 15) is 9.90 Å². The second-order valence-corrected chi connectivity index (χ2v) is 7.36. The molecule has 22 heavy (non-hydrogen) atoms. The average Bonchev–Trinajstić information content (AvgIpc) is 2.77. The summed E-state index contributed by atoms with van der Waals surface area (Å²) < 4.78 is 0. The normalized spacial score (nSPS) is 32.4. The third-order valence-corrected chi connectivity index (χ3v) is 5.56. The van der Waals surface area contributed by atoms with Crippen LogP contribution in [0.15, 0.2) is 34.9 Å². The maximum Gasteiger partial charge on any atom is 0.146 e. The fraction of sp³-hybridized carbons (Fsp3) is 0.650. The summed E-state index contributed by atoms with van der Waals surface area (Å²) in [6, 6.07) is 0. The molecule has 0 bridgehead atoms. The lowest BCUT2D eigenvalue weighted by Crippen LogP contribution is -2.35. The number of aliphatic hydroxyl groups is 1. The van der Waals surface area contributed by atoms with Gasteiger partial charge in [-0.3, -0.25) is 4.79 Å². The second-order valence-electron chi connectivity index (χ2n) is 7.36. The maximum atomic E-state index is 11.4. The first-order valence-corrected chi connectivity index (χ1v) is 8.59. The number of carbonyl (C=O) groups is 1. The molecule has 0 saturated carbocycles. The molecule has 122 valence electrons. The van der Waals surface area contributed by atoms with Crippen molar-refractivity contribution in [1.29, 1.82) is 0 Å². The lowest BCUT2D eigenvalue weighted by molar-refractivity contribution is -0.105. The summed E-state index contributed by atoms with van der Waals surface area (Å²) in [7, 11) is 0. The van der Waals surface area contributed by atoms with Crippen LogP contribution in [0.4, 0.5) is 0 Å². The van der Waals surface area contributed by atoms with Crippen LogP contribution < -0.4 is 0 Å². The molecule has 5 atom stereocenters. The Bertz CT molecular complexity index is 494. The van der Waals surface area contributed by atoms with Crippen molar-refractivity contribution in [3.05, 3.63) is 34.9 Å². The molecule has 2 heteroatoms. The molecule has 0 heterocycles. The molecular formula is C20H30O2. The van der Waals surface area contributed by atoms with Crippen molar-refractivity contribution in [3.63, 3.8) is 0 Å². The van der Waals surface area contributed by atoms with Crippen LogP contribution in [0.5, 0.6) is 0 Å². The van der Waals surface area contributed by atoms with Gasteiger partial charge in [-0.1, -0.05) is 36.3 Å². The lowest BCUT2D eigenvalue weighted by atomic mass is 9.75. The number of hydrogen-bond acceptors (Lipinski definition) is 2. The molecule has 0 saturated heterocycles. The van der Waals surface area contributed by atoms with E-state index in [1.807, 2.05) is 0 Å². The van der Waals surface area contributed by atoms with E-state index in [1.54, 1.807) is 0 Å². The van der Waals surface area contributed by atoms with E-state index >= 15 is 0 Å². The number of hydrogen-bond donors (Lipinski definition) is 1. The Labute approximate surface area is 135 Å². The Morgan fingerprint density at radius 3 is 2.73 bits per heavy atom. The number of carbonyl (C=O) groups excluding carboxylic acids is 1. The third-order valence-electron chi connectivity index (χ3n) is 5.56. The molecule has 0 amide bonds. The van der Waals surface area contributed by atoms with Crippen molar-refractivity contribution in [2.24, 2.45) is 23.7 Å². The Morgan fingerprint density at radius 1 is 1.36 bits per heavy atom. The standard InChI is InChI=1S/C20H30O2/c1-13(2)6-5-7-14(3)17-11-9-16(12-21)18-10-8-15(4)19(18)20(17)22/h6,8-9,12,14,17-20,22H,5,7,10-11H2,1-4H3/t14?,17-,18-,19+,20+/m0/s1. The summed E-state index contributed by atoms with van der Waals surface area (Å²) in [6.45, 7) is 8.60. The van der Waals surface area contributed by atoms with E-state index in [-0.39, 0.29) is 23.9 Å². The summed E-state index contributed by atoms with van der Waals surface area (Å²) in [6.07, 6.45) is 11.1. The molecule has 1 unspecified atom stereocenters. The fourth-order valence-electron chi connectivity index (χ4n) is 4.15. The van der Waals surface area contributed by atoms with Crippen LogP contribution in [0.25, 0.3) is 0 Å². The van der Waals surface area contributed by atoms with Crippen molar-refractivity contribution in [3.8, 4) is 0 Å². The first kappa shape index (κ1) is 17.2. The van der Waals surface area contributed by atoms with Crippen LogP contribution in [0.1, 0.15) is 53.4 Å². The molecule has 0 aliphatic heterocycles. The van der Waals surface area contributed by atoms with Crippen LogP contribution >= 0.6 is 0 Å². The van der Waals surface area contributed by atoms with Gasteiger partial charge < -0.3 is 5.11 Å². The van der Waals surface area contributed by atoms with E-state index in [0.717, 1.165) is 37.5 Å². The van der Waals surface area contributed by atoms with Gasteiger partial charge in [0.05, 0.1) is 6.10 Å². The minimum atomic E-state index is -0.334. The fourth-order valence-corrected chi connectivity index (χ4v) is 4.15. The summed E-state index contributed by atoms with van der Waals surface area (Å²) in [5.41, 5.74) is 3.51. The SMILES string of the molecule is CC(C)=CCCC(C)[C@@H]1CC=C(C=O)[C@@H]2CC=C(C)[C@H]2[C@@H]1O. The molecule has 0 aromatic carbocycles. The summed E-state index contributed by atoms with van der Waals surface area (Å²) in [4.78, 5) is 11.4. The Balaban J connectivity index is 2.14. The molecule has 2 aliphatic rings. The van der Waals surface area contributed by atoms with Crippen LogP contribution in [0, 0.1) is 23.7 Å². The minimum Gasteiger partial charge on any atom is -0.392 e. The van der Waals surface area contributed by atoms with Crippen LogP contribution in [-0.2, 0) is 4.79 Å². The number of allylic oxidation sites excluding steroid dienone is 5. The van der Waals surface area contributed by atoms with Gasteiger partial charge in [-0.25, -0.2) is 0 Å². The third kappa shape index (κ3) is 3.60. The highest BCUT2D eigenvalue weighted by molar-refractivity contribution is 5.74. The number of aldehydes is 1. The van der Waals surface area contributed by atoms with Crippen molar-refractivity contribution < 1.29 is 9.90 Å². The van der Waals surface area contributed by atoms with E-state index in [4.69, 9.17) is 0 Å². The number of rotatable bonds is 5. The highest BCUT2D eigenvalue weighted by Crippen LogP contribution is 2.45. The predicted molar refractivity (Wildman–Crippen MR) is 91.4 cm³/mol. The molecule has 1 N–H and O–H groups in total. The summed E-state index contributed by atoms with van der Waals surface area (Å²) >= 11 is 0. The molecule has 0 aromatic heterocycles. The van der Waals surface area contributed by atoms with Gasteiger partial charge in [-0.05, 0) is 69.8 Å². The molecule has 2 nitrogen and oxygen atoms in total. The van der Waals surface area contributed by atoms with Gasteiger partial charge in [0.2, 0.25) is 0 Å². The van der Waals surface area contributed by atoms with E-state index < -0.39 is 0 Å². The average molecular weight is 302 g/mol. The Morgan fingerprint density at radius 2 is 2.09 bits per heavy atom. The van der Waals surface area contributed by atoms with E-state index in [0.29, 0.717) is 5.92 Å². The zero-order valence-corrected chi connectivity index (χ0v) is 14.4. The quantitative estimate of drug-likeness (QED) is 0.601. The highest BCUT2D eigenvalue weighted by atomic mass is 16.3. The molecule has 2 aliphatic carbocycles. The molecular weight excluding hydrogens is 272 g/mol. The Kier molecular flexibility index (Phi) is 5.80. The van der Waals surface area contributed by atoms with Crippen molar-refractivity contribution >= 4 is 6.29 Å². The predicted octanol–water partition coefficient (Wildman–Crippen LogP) is 4.46. The molecule has 0 spiro atoms. The van der Waals surface area contributed by atoms with Gasteiger partial charge in [0.25, 0.3) is 0 Å². The molecule has 0 aromatic rings. The van der Waals surface area contributed by atoms with E-state index in [1.165, 1.54) is 11.1 Å². The first-order chi connectivity index (χ1) is 10.5. The zero-order chi connectivity index (χ0) is 16.3. The topological polar surface area (TPSA) is 37.3 Å². The van der Waals surface area contributed by atoms with Crippen LogP contribution in [0.2, 0.25) is 0 Å². The van der Waals surface area contributed by atoms with Crippen LogP contribution in [-0.4, -0.2) is 17.5 Å². The van der Waals surface area contributed by atoms with Gasteiger partial charge in [0, 0.05) is 5.92 Å². The van der Waals surface area contributed by atoms with Crippen molar-refractivity contribution in [2.75, 3.05) is 0 Å². The smallest absolute Gasteiger partial charge is 0.146 e. The van der Waals surface area contributed by atoms with Gasteiger partial charge >= 0.3 is 0 Å². The number of fused-ring (bicyclic) bond motifs is 1. The summed E-state index contributed by atoms with van der Waals surface area (Å²) in [5.74, 6) is 1.04. The van der Waals surface area contributed by atoms with Gasteiger partial charge in [-0.15, -0.1) is 0 Å². The second kappa shape index (κ2) is 7.41. The maximum absolute atomic E-state index is 11.4. The monoisotopic (exact) mass is 302 g/mol. The molecule has 0 fully saturated rings. The van der Waals surface area contributed by atoms with Crippen molar-refractivity contribution in [2.45, 2.75) is 59.5 Å². The Hall–Kier alpha value is -1.15. The van der Waals surface area contributed by atoms with Crippen molar-refractivity contribution in [1.82, 2.24) is 0 Å².